The largest absolute Gasteiger partial charge is 0.455 e. The van der Waals surface area contributed by atoms with E-state index in [4.69, 9.17) is 4.42 Å². The number of aryl methyl sites for hydroxylation is 2. The molecule has 5 aromatic carbocycles. The molecule has 0 amide bonds. The summed E-state index contributed by atoms with van der Waals surface area (Å²) in [5.74, 6) is 0. The van der Waals surface area contributed by atoms with Crippen LogP contribution in [0.5, 0.6) is 0 Å². The lowest BCUT2D eigenvalue weighted by molar-refractivity contribution is -0.659. The maximum Gasteiger partial charge on any atom is 0.213 e. The van der Waals surface area contributed by atoms with Crippen molar-refractivity contribution in [1.29, 1.82) is 0 Å². The van der Waals surface area contributed by atoms with Gasteiger partial charge in [-0.15, -0.1) is 0 Å². The second kappa shape index (κ2) is 6.66. The molecule has 0 aliphatic carbocycles. The summed E-state index contributed by atoms with van der Waals surface area (Å²) < 4.78 is 8.82. The molecule has 0 saturated heterocycles. The SMILES string of the molecule is Cc1cc2c(cc1-c1cc3ccccc3c[n+]1C)oc1c2ccc2ccc3ccccc3c21. The number of aromatic nitrogens is 1. The van der Waals surface area contributed by atoms with Gasteiger partial charge in [-0.05, 0) is 58.3 Å². The van der Waals surface area contributed by atoms with Crippen LogP contribution in [-0.2, 0) is 7.05 Å². The van der Waals surface area contributed by atoms with Crippen LogP contribution in [0.2, 0.25) is 0 Å². The maximum atomic E-state index is 6.61. The van der Waals surface area contributed by atoms with E-state index in [0.717, 1.165) is 11.2 Å². The zero-order chi connectivity index (χ0) is 22.1. The van der Waals surface area contributed by atoms with Crippen molar-refractivity contribution >= 4 is 54.3 Å². The molecule has 0 radical (unpaired) electrons. The van der Waals surface area contributed by atoms with Crippen molar-refractivity contribution in [1.82, 2.24) is 0 Å². The highest BCUT2D eigenvalue weighted by Crippen LogP contribution is 2.39. The summed E-state index contributed by atoms with van der Waals surface area (Å²) in [6, 6.07) is 32.6. The molecule has 0 aliphatic rings. The molecule has 0 bridgehead atoms. The number of fused-ring (bicyclic) bond motifs is 8. The molecule has 2 aromatic heterocycles. The second-order valence-electron chi connectivity index (χ2n) is 8.99. The topological polar surface area (TPSA) is 17.0 Å². The van der Waals surface area contributed by atoms with Crippen molar-refractivity contribution in [3.05, 3.63) is 103 Å². The van der Waals surface area contributed by atoms with Gasteiger partial charge in [0.2, 0.25) is 5.69 Å². The lowest BCUT2D eigenvalue weighted by atomic mass is 9.97. The van der Waals surface area contributed by atoms with Gasteiger partial charge in [-0.2, -0.15) is 0 Å². The summed E-state index contributed by atoms with van der Waals surface area (Å²) in [6.07, 6.45) is 2.20. The van der Waals surface area contributed by atoms with Crippen LogP contribution < -0.4 is 4.57 Å². The average Bonchev–Trinajstić information content (AvgIpc) is 3.20. The first-order valence-corrected chi connectivity index (χ1v) is 11.3. The Bertz CT molecular complexity index is 1890. The fraction of sp³-hybridized carbons (Fsp3) is 0.0645. The first-order chi connectivity index (χ1) is 16.2. The third-order valence-electron chi connectivity index (χ3n) is 6.97. The van der Waals surface area contributed by atoms with Gasteiger partial charge in [0.1, 0.15) is 18.2 Å². The summed E-state index contributed by atoms with van der Waals surface area (Å²) in [7, 11) is 2.11. The Morgan fingerprint density at radius 2 is 1.36 bits per heavy atom. The Kier molecular flexibility index (Phi) is 3.72. The summed E-state index contributed by atoms with van der Waals surface area (Å²) in [6.45, 7) is 2.19. The molecular weight excluding hydrogens is 402 g/mol. The fourth-order valence-corrected chi connectivity index (χ4v) is 5.31. The predicted molar refractivity (Wildman–Crippen MR) is 138 cm³/mol. The van der Waals surface area contributed by atoms with Crippen LogP contribution in [0, 0.1) is 6.92 Å². The van der Waals surface area contributed by atoms with Crippen LogP contribution in [0.4, 0.5) is 0 Å². The quantitative estimate of drug-likeness (QED) is 0.194. The Morgan fingerprint density at radius 1 is 0.636 bits per heavy atom. The van der Waals surface area contributed by atoms with E-state index in [9.17, 15) is 0 Å². The van der Waals surface area contributed by atoms with Crippen LogP contribution >= 0.6 is 0 Å². The minimum atomic E-state index is 0.930. The van der Waals surface area contributed by atoms with Gasteiger partial charge < -0.3 is 4.42 Å². The van der Waals surface area contributed by atoms with E-state index in [-0.39, 0.29) is 0 Å². The number of benzene rings is 5. The van der Waals surface area contributed by atoms with Crippen LogP contribution in [0.25, 0.3) is 65.5 Å². The summed E-state index contributed by atoms with van der Waals surface area (Å²) >= 11 is 0. The maximum absolute atomic E-state index is 6.61. The van der Waals surface area contributed by atoms with Crippen molar-refractivity contribution in [2.45, 2.75) is 6.92 Å². The molecule has 0 fully saturated rings. The van der Waals surface area contributed by atoms with Gasteiger partial charge in [0.15, 0.2) is 6.20 Å². The van der Waals surface area contributed by atoms with E-state index in [1.807, 2.05) is 0 Å². The molecule has 0 unspecified atom stereocenters. The second-order valence-corrected chi connectivity index (χ2v) is 8.99. The van der Waals surface area contributed by atoms with E-state index < -0.39 is 0 Å². The number of furan rings is 1. The van der Waals surface area contributed by atoms with Gasteiger partial charge in [-0.1, -0.05) is 60.7 Å². The minimum absolute atomic E-state index is 0.930. The third kappa shape index (κ3) is 2.64. The van der Waals surface area contributed by atoms with Crippen LogP contribution in [0.3, 0.4) is 0 Å². The Balaban J connectivity index is 1.55. The first kappa shape index (κ1) is 18.4. The van der Waals surface area contributed by atoms with E-state index in [2.05, 4.69) is 116 Å². The highest BCUT2D eigenvalue weighted by atomic mass is 16.3. The van der Waals surface area contributed by atoms with Crippen LogP contribution in [-0.4, -0.2) is 0 Å². The molecule has 0 atom stereocenters. The zero-order valence-corrected chi connectivity index (χ0v) is 18.6. The predicted octanol–water partition coefficient (Wildman–Crippen LogP) is 7.85. The molecule has 33 heavy (non-hydrogen) atoms. The summed E-state index contributed by atoms with van der Waals surface area (Å²) in [4.78, 5) is 0. The Labute approximate surface area is 191 Å². The molecule has 7 rings (SSSR count). The van der Waals surface area contributed by atoms with Gasteiger partial charge in [-0.3, -0.25) is 0 Å². The molecule has 7 aromatic rings. The lowest BCUT2D eigenvalue weighted by Gasteiger charge is -2.06. The molecule has 0 N–H and O–H groups in total. The number of hydrogen-bond donors (Lipinski definition) is 0. The Hall–Kier alpha value is -4.17. The van der Waals surface area contributed by atoms with E-state index >= 15 is 0 Å². The van der Waals surface area contributed by atoms with Gasteiger partial charge in [0.05, 0.1) is 5.56 Å². The van der Waals surface area contributed by atoms with Crippen molar-refractivity contribution in [2.75, 3.05) is 0 Å². The van der Waals surface area contributed by atoms with Crippen molar-refractivity contribution < 1.29 is 8.98 Å². The average molecular weight is 425 g/mol. The first-order valence-electron chi connectivity index (χ1n) is 11.3. The van der Waals surface area contributed by atoms with Crippen molar-refractivity contribution in [3.8, 4) is 11.3 Å². The normalized spacial score (nSPS) is 11.9. The summed E-state index contributed by atoms with van der Waals surface area (Å²) in [5, 5.41) is 9.69. The Morgan fingerprint density at radius 3 is 2.24 bits per heavy atom. The molecule has 2 nitrogen and oxygen atoms in total. The number of rotatable bonds is 1. The van der Waals surface area contributed by atoms with Crippen LogP contribution in [0.15, 0.2) is 102 Å². The van der Waals surface area contributed by atoms with Gasteiger partial charge in [-0.25, -0.2) is 4.57 Å². The number of nitrogens with zero attached hydrogens (tertiary/aromatic N) is 1. The molecule has 0 saturated carbocycles. The lowest BCUT2D eigenvalue weighted by Crippen LogP contribution is -2.30. The van der Waals surface area contributed by atoms with Crippen molar-refractivity contribution in [3.63, 3.8) is 0 Å². The summed E-state index contributed by atoms with van der Waals surface area (Å²) in [5.41, 5.74) is 5.53. The highest BCUT2D eigenvalue weighted by molar-refractivity contribution is 6.23. The van der Waals surface area contributed by atoms with Crippen molar-refractivity contribution in [2.24, 2.45) is 7.05 Å². The third-order valence-corrected chi connectivity index (χ3v) is 6.97. The standard InChI is InChI=1S/C31H22NO/c1-19-15-27-25-14-13-21-12-11-20-7-5-6-10-24(20)30(21)31(25)33-29(27)17-26(19)28-16-22-8-3-4-9-23(22)18-32(28)2/h3-18H,1-2H3/q+1. The molecule has 2 heterocycles. The smallest absolute Gasteiger partial charge is 0.213 e. The minimum Gasteiger partial charge on any atom is -0.455 e. The van der Waals surface area contributed by atoms with Gasteiger partial charge in [0, 0.05) is 27.6 Å². The van der Waals surface area contributed by atoms with E-state index in [0.29, 0.717) is 0 Å². The monoisotopic (exact) mass is 424 g/mol. The molecule has 2 heteroatoms. The fourth-order valence-electron chi connectivity index (χ4n) is 5.31. The van der Waals surface area contributed by atoms with Gasteiger partial charge in [0.25, 0.3) is 0 Å². The van der Waals surface area contributed by atoms with Gasteiger partial charge >= 0.3 is 0 Å². The molecular formula is C31H22NO+. The highest BCUT2D eigenvalue weighted by Gasteiger charge is 2.19. The van der Waals surface area contributed by atoms with E-state index in [1.54, 1.807) is 0 Å². The molecule has 156 valence electrons. The number of hydrogen-bond acceptors (Lipinski definition) is 1. The molecule has 0 aliphatic heterocycles. The molecule has 0 spiro atoms. The zero-order valence-electron chi connectivity index (χ0n) is 18.6. The van der Waals surface area contributed by atoms with E-state index in [1.165, 1.54) is 59.9 Å². The number of pyridine rings is 1. The van der Waals surface area contributed by atoms with Crippen LogP contribution in [0.1, 0.15) is 5.56 Å².